The van der Waals surface area contributed by atoms with E-state index in [1.165, 1.54) is 5.56 Å². The van der Waals surface area contributed by atoms with Gasteiger partial charge in [0.05, 0.1) is 0 Å². The number of carbonyl (C=O) groups is 1. The van der Waals surface area contributed by atoms with Gasteiger partial charge in [-0.15, -0.1) is 0 Å². The number of aryl methyl sites for hydroxylation is 1. The molecule has 0 aliphatic carbocycles. The smallest absolute Gasteiger partial charge is 0.270 e. The molecule has 3 rings (SSSR count). The minimum absolute atomic E-state index is 0.0505. The fourth-order valence-corrected chi connectivity index (χ4v) is 2.71. The molecule has 0 saturated carbocycles. The number of rotatable bonds is 1. The molecule has 2 heterocycles. The van der Waals surface area contributed by atoms with Crippen LogP contribution in [0.1, 0.15) is 27.3 Å². The molecule has 104 valence electrons. The molecule has 20 heavy (non-hydrogen) atoms. The fraction of sp³-hybridized carbons (Fsp3) is 0.312. The summed E-state index contributed by atoms with van der Waals surface area (Å²) in [6.07, 6.45) is 0.838. The highest BCUT2D eigenvalue weighted by Gasteiger charge is 2.23. The van der Waals surface area contributed by atoms with Gasteiger partial charge in [0.1, 0.15) is 11.4 Å². The van der Waals surface area contributed by atoms with E-state index in [2.05, 4.69) is 0 Å². The maximum atomic E-state index is 12.6. The summed E-state index contributed by atoms with van der Waals surface area (Å²) in [5, 5.41) is 9.57. The summed E-state index contributed by atoms with van der Waals surface area (Å²) in [6, 6.07) is 9.23. The van der Waals surface area contributed by atoms with Gasteiger partial charge in [0.25, 0.3) is 5.91 Å². The minimum atomic E-state index is 0.0505. The molecule has 4 heteroatoms. The van der Waals surface area contributed by atoms with Crippen LogP contribution in [0.3, 0.4) is 0 Å². The second kappa shape index (κ2) is 4.71. The average Bonchev–Trinajstić information content (AvgIpc) is 2.77. The molecule has 0 atom stereocenters. The van der Waals surface area contributed by atoms with Gasteiger partial charge in [-0.05, 0) is 48.7 Å². The first-order valence-electron chi connectivity index (χ1n) is 6.78. The van der Waals surface area contributed by atoms with Crippen molar-refractivity contribution < 1.29 is 9.90 Å². The Kier molecular flexibility index (Phi) is 3.01. The quantitative estimate of drug-likeness (QED) is 0.863. The van der Waals surface area contributed by atoms with Crippen molar-refractivity contribution >= 4 is 5.91 Å². The standard InChI is InChI=1S/C16H18N2O2/c1-11-3-6-15(17(11)2)16(20)18-8-7-12-4-5-14(19)9-13(12)10-18/h3-6,9,19H,7-8,10H2,1-2H3. The van der Waals surface area contributed by atoms with Crippen LogP contribution < -0.4 is 0 Å². The molecule has 0 spiro atoms. The van der Waals surface area contributed by atoms with Crippen LogP contribution in [0.25, 0.3) is 0 Å². The van der Waals surface area contributed by atoms with Gasteiger partial charge in [0.2, 0.25) is 0 Å². The topological polar surface area (TPSA) is 45.5 Å². The Morgan fingerprint density at radius 3 is 2.70 bits per heavy atom. The Bertz CT molecular complexity index is 673. The van der Waals surface area contributed by atoms with E-state index in [1.54, 1.807) is 12.1 Å². The zero-order chi connectivity index (χ0) is 14.3. The second-order valence-electron chi connectivity index (χ2n) is 5.35. The minimum Gasteiger partial charge on any atom is -0.508 e. The molecular weight excluding hydrogens is 252 g/mol. The molecule has 4 nitrogen and oxygen atoms in total. The van der Waals surface area contributed by atoms with Crippen LogP contribution in [-0.2, 0) is 20.0 Å². The molecule has 0 bridgehead atoms. The highest BCUT2D eigenvalue weighted by molar-refractivity contribution is 5.93. The first kappa shape index (κ1) is 12.8. The molecule has 1 aromatic heterocycles. The number of phenolic OH excluding ortho intramolecular Hbond substituents is 1. The second-order valence-corrected chi connectivity index (χ2v) is 5.35. The van der Waals surface area contributed by atoms with Crippen LogP contribution in [0.15, 0.2) is 30.3 Å². The van der Waals surface area contributed by atoms with Gasteiger partial charge in [-0.3, -0.25) is 4.79 Å². The maximum absolute atomic E-state index is 12.6. The van der Waals surface area contributed by atoms with Crippen LogP contribution in [0.4, 0.5) is 0 Å². The van der Waals surface area contributed by atoms with Crippen molar-refractivity contribution in [1.82, 2.24) is 9.47 Å². The number of phenols is 1. The molecule has 0 saturated heterocycles. The molecular formula is C16H18N2O2. The summed E-state index contributed by atoms with van der Waals surface area (Å²) in [4.78, 5) is 14.4. The van der Waals surface area contributed by atoms with Crippen LogP contribution in [-0.4, -0.2) is 27.0 Å². The van der Waals surface area contributed by atoms with Crippen LogP contribution in [0.2, 0.25) is 0 Å². The third kappa shape index (κ3) is 2.07. The van der Waals surface area contributed by atoms with Gasteiger partial charge in [0.15, 0.2) is 0 Å². The Hall–Kier alpha value is -2.23. The molecule has 1 aliphatic rings. The third-order valence-electron chi connectivity index (χ3n) is 4.08. The lowest BCUT2D eigenvalue weighted by atomic mass is 9.99. The lowest BCUT2D eigenvalue weighted by Crippen LogP contribution is -2.36. The van der Waals surface area contributed by atoms with E-state index in [4.69, 9.17) is 0 Å². The lowest BCUT2D eigenvalue weighted by molar-refractivity contribution is 0.0724. The first-order chi connectivity index (χ1) is 9.56. The Balaban J connectivity index is 1.86. The van der Waals surface area contributed by atoms with Crippen molar-refractivity contribution in [1.29, 1.82) is 0 Å². The number of nitrogens with zero attached hydrogens (tertiary/aromatic N) is 2. The van der Waals surface area contributed by atoms with Gasteiger partial charge in [-0.1, -0.05) is 6.07 Å². The molecule has 2 aromatic rings. The lowest BCUT2D eigenvalue weighted by Gasteiger charge is -2.29. The highest BCUT2D eigenvalue weighted by atomic mass is 16.3. The summed E-state index contributed by atoms with van der Waals surface area (Å²) >= 11 is 0. The van der Waals surface area contributed by atoms with Gasteiger partial charge in [-0.25, -0.2) is 0 Å². The number of carbonyl (C=O) groups excluding carboxylic acids is 1. The molecule has 0 fully saturated rings. The van der Waals surface area contributed by atoms with Crippen LogP contribution in [0, 0.1) is 6.92 Å². The average molecular weight is 270 g/mol. The van der Waals surface area contributed by atoms with Gasteiger partial charge in [-0.2, -0.15) is 0 Å². The van der Waals surface area contributed by atoms with Crippen molar-refractivity contribution in [2.24, 2.45) is 7.05 Å². The van der Waals surface area contributed by atoms with Crippen molar-refractivity contribution in [2.75, 3.05) is 6.54 Å². The van der Waals surface area contributed by atoms with Crippen molar-refractivity contribution in [2.45, 2.75) is 19.9 Å². The Morgan fingerprint density at radius 1 is 1.20 bits per heavy atom. The zero-order valence-electron chi connectivity index (χ0n) is 11.8. The normalized spacial score (nSPS) is 14.2. The predicted molar refractivity (Wildman–Crippen MR) is 76.7 cm³/mol. The Morgan fingerprint density at radius 2 is 2.00 bits per heavy atom. The SMILES string of the molecule is Cc1ccc(C(=O)N2CCc3ccc(O)cc3C2)n1C. The van der Waals surface area contributed by atoms with E-state index < -0.39 is 0 Å². The Labute approximate surface area is 118 Å². The van der Waals surface area contributed by atoms with Gasteiger partial charge < -0.3 is 14.6 Å². The van der Waals surface area contributed by atoms with E-state index >= 15 is 0 Å². The number of aromatic nitrogens is 1. The number of aromatic hydroxyl groups is 1. The fourth-order valence-electron chi connectivity index (χ4n) is 2.71. The molecule has 1 N–H and O–H groups in total. The van der Waals surface area contributed by atoms with Crippen molar-refractivity contribution in [3.05, 3.63) is 52.8 Å². The summed E-state index contributed by atoms with van der Waals surface area (Å²) in [6.45, 7) is 3.27. The summed E-state index contributed by atoms with van der Waals surface area (Å²) in [5.41, 5.74) is 4.04. The molecule has 1 aliphatic heterocycles. The van der Waals surface area contributed by atoms with Crippen molar-refractivity contribution in [3.63, 3.8) is 0 Å². The van der Waals surface area contributed by atoms with E-state index in [1.807, 2.05) is 41.6 Å². The maximum Gasteiger partial charge on any atom is 0.270 e. The molecule has 1 aromatic carbocycles. The first-order valence-corrected chi connectivity index (χ1v) is 6.78. The van der Waals surface area contributed by atoms with E-state index in [9.17, 15) is 9.90 Å². The van der Waals surface area contributed by atoms with Crippen molar-refractivity contribution in [3.8, 4) is 5.75 Å². The van der Waals surface area contributed by atoms with Gasteiger partial charge >= 0.3 is 0 Å². The van der Waals surface area contributed by atoms with Crippen LogP contribution in [0.5, 0.6) is 5.75 Å². The highest BCUT2D eigenvalue weighted by Crippen LogP contribution is 2.24. The van der Waals surface area contributed by atoms with E-state index in [0.29, 0.717) is 12.2 Å². The summed E-state index contributed by atoms with van der Waals surface area (Å²) < 4.78 is 1.92. The zero-order valence-corrected chi connectivity index (χ0v) is 11.8. The number of benzene rings is 1. The van der Waals surface area contributed by atoms with E-state index in [-0.39, 0.29) is 11.7 Å². The number of amides is 1. The summed E-state index contributed by atoms with van der Waals surface area (Å²) in [5.74, 6) is 0.308. The monoisotopic (exact) mass is 270 g/mol. The third-order valence-corrected chi connectivity index (χ3v) is 4.08. The number of hydrogen-bond acceptors (Lipinski definition) is 2. The number of hydrogen-bond donors (Lipinski definition) is 1. The molecule has 1 amide bonds. The molecule has 0 radical (unpaired) electrons. The predicted octanol–water partition coefficient (Wildman–Crippen LogP) is 2.24. The van der Waals surface area contributed by atoms with Crippen LogP contribution >= 0.6 is 0 Å². The largest absolute Gasteiger partial charge is 0.508 e. The number of fused-ring (bicyclic) bond motifs is 1. The molecule has 0 unspecified atom stereocenters. The van der Waals surface area contributed by atoms with Gasteiger partial charge in [0, 0.05) is 25.8 Å². The van der Waals surface area contributed by atoms with E-state index in [0.717, 1.165) is 24.2 Å². The summed E-state index contributed by atoms with van der Waals surface area (Å²) in [7, 11) is 1.91.